The summed E-state index contributed by atoms with van der Waals surface area (Å²) in [5, 5.41) is 0.780. The number of fused-ring (bicyclic) bond motifs is 1. The lowest BCUT2D eigenvalue weighted by Crippen LogP contribution is -2.10. The van der Waals surface area contributed by atoms with Crippen LogP contribution in [0.3, 0.4) is 0 Å². The summed E-state index contributed by atoms with van der Waals surface area (Å²) in [7, 11) is 0. The van der Waals surface area contributed by atoms with Crippen LogP contribution in [-0.2, 0) is 0 Å². The monoisotopic (exact) mass is 353 g/mol. The minimum absolute atomic E-state index is 0.381. The van der Waals surface area contributed by atoms with Crippen molar-refractivity contribution in [3.8, 4) is 0 Å². The van der Waals surface area contributed by atoms with Crippen LogP contribution < -0.4 is 11.3 Å². The molecule has 0 saturated carbocycles. The minimum atomic E-state index is 0.381. The molecular formula is C11H8BrN5S2. The number of hydrogen-bond acceptors (Lipinski definition) is 7. The molecule has 1 aromatic carbocycles. The molecule has 0 atom stereocenters. The summed E-state index contributed by atoms with van der Waals surface area (Å²) in [5.74, 6) is 5.69. The Balaban J connectivity index is 1.96. The van der Waals surface area contributed by atoms with Gasteiger partial charge in [0.25, 0.3) is 0 Å². The molecular weight excluding hydrogens is 346 g/mol. The van der Waals surface area contributed by atoms with Crippen LogP contribution in [0.1, 0.15) is 0 Å². The Morgan fingerprint density at radius 1 is 1.26 bits per heavy atom. The standard InChI is InChI=1S/C11H8BrN5S2/c12-6-5-14-10(17-13)16-9(6)19-11-15-7-3-1-2-4-8(7)18-11/h1-5H,13H2,(H,14,16,17). The average Bonchev–Trinajstić information content (AvgIpc) is 2.83. The van der Waals surface area contributed by atoms with E-state index in [9.17, 15) is 0 Å². The third-order valence-corrected chi connectivity index (χ3v) is 5.24. The van der Waals surface area contributed by atoms with Gasteiger partial charge in [0.1, 0.15) is 5.03 Å². The summed E-state index contributed by atoms with van der Waals surface area (Å²) in [6.07, 6.45) is 1.66. The molecule has 3 aromatic rings. The maximum atomic E-state index is 5.31. The molecule has 3 N–H and O–H groups in total. The van der Waals surface area contributed by atoms with Gasteiger partial charge in [0.15, 0.2) is 4.34 Å². The number of halogens is 1. The van der Waals surface area contributed by atoms with Crippen molar-refractivity contribution in [1.82, 2.24) is 15.0 Å². The zero-order valence-electron chi connectivity index (χ0n) is 9.50. The van der Waals surface area contributed by atoms with Gasteiger partial charge in [-0.25, -0.2) is 20.8 Å². The van der Waals surface area contributed by atoms with Crippen LogP contribution in [0.15, 0.2) is 44.3 Å². The molecule has 0 aliphatic carbocycles. The molecule has 3 rings (SSSR count). The fourth-order valence-corrected chi connectivity index (χ4v) is 3.87. The van der Waals surface area contributed by atoms with Crippen molar-refractivity contribution in [3.63, 3.8) is 0 Å². The molecule has 0 fully saturated rings. The second kappa shape index (κ2) is 5.41. The highest BCUT2D eigenvalue weighted by atomic mass is 79.9. The molecule has 0 amide bonds. The summed E-state index contributed by atoms with van der Waals surface area (Å²) in [6, 6.07) is 8.04. The largest absolute Gasteiger partial charge is 0.292 e. The summed E-state index contributed by atoms with van der Waals surface area (Å²) in [6.45, 7) is 0. The van der Waals surface area contributed by atoms with Gasteiger partial charge in [-0.1, -0.05) is 12.1 Å². The number of rotatable bonds is 3. The maximum absolute atomic E-state index is 5.31. The lowest BCUT2D eigenvalue weighted by Gasteiger charge is -2.02. The lowest BCUT2D eigenvalue weighted by molar-refractivity contribution is 1.01. The van der Waals surface area contributed by atoms with Gasteiger partial charge >= 0.3 is 0 Å². The van der Waals surface area contributed by atoms with Gasteiger partial charge in [-0.15, -0.1) is 11.3 Å². The van der Waals surface area contributed by atoms with Crippen molar-refractivity contribution in [1.29, 1.82) is 0 Å². The first-order valence-corrected chi connectivity index (χ1v) is 7.71. The van der Waals surface area contributed by atoms with E-state index in [4.69, 9.17) is 5.84 Å². The van der Waals surface area contributed by atoms with E-state index in [2.05, 4.69) is 42.4 Å². The number of benzene rings is 1. The van der Waals surface area contributed by atoms with Crippen LogP contribution in [0.25, 0.3) is 10.2 Å². The Morgan fingerprint density at radius 3 is 2.89 bits per heavy atom. The van der Waals surface area contributed by atoms with Crippen molar-refractivity contribution < 1.29 is 0 Å². The first-order valence-electron chi connectivity index (χ1n) is 5.29. The molecule has 0 aliphatic heterocycles. The number of anilines is 1. The van der Waals surface area contributed by atoms with Gasteiger partial charge in [0, 0.05) is 6.20 Å². The van der Waals surface area contributed by atoms with Gasteiger partial charge in [-0.2, -0.15) is 0 Å². The molecule has 0 spiro atoms. The van der Waals surface area contributed by atoms with E-state index in [0.717, 1.165) is 24.1 Å². The molecule has 5 nitrogen and oxygen atoms in total. The Morgan fingerprint density at radius 2 is 2.11 bits per heavy atom. The predicted molar refractivity (Wildman–Crippen MR) is 81.3 cm³/mol. The van der Waals surface area contributed by atoms with E-state index in [0.29, 0.717) is 5.95 Å². The molecule has 96 valence electrons. The third-order valence-electron chi connectivity index (χ3n) is 2.30. The molecule has 0 saturated heterocycles. The van der Waals surface area contributed by atoms with Crippen LogP contribution in [0.2, 0.25) is 0 Å². The van der Waals surface area contributed by atoms with Gasteiger partial charge in [-0.3, -0.25) is 5.43 Å². The van der Waals surface area contributed by atoms with Crippen LogP contribution in [-0.4, -0.2) is 15.0 Å². The quantitative estimate of drug-likeness (QED) is 0.427. The number of aromatic nitrogens is 3. The number of hydrazine groups is 1. The molecule has 0 unspecified atom stereocenters. The van der Waals surface area contributed by atoms with Crippen molar-refractivity contribution in [2.45, 2.75) is 9.37 Å². The fourth-order valence-electron chi connectivity index (χ4n) is 1.47. The van der Waals surface area contributed by atoms with E-state index in [1.54, 1.807) is 17.5 Å². The predicted octanol–water partition coefficient (Wildman–Crippen LogP) is 3.29. The highest BCUT2D eigenvalue weighted by molar-refractivity contribution is 9.10. The first kappa shape index (κ1) is 12.8. The molecule has 0 aliphatic rings. The van der Waals surface area contributed by atoms with Crippen LogP contribution >= 0.6 is 39.0 Å². The highest BCUT2D eigenvalue weighted by Gasteiger charge is 2.10. The summed E-state index contributed by atoms with van der Waals surface area (Å²) in [5.41, 5.74) is 3.43. The fraction of sp³-hybridized carbons (Fsp3) is 0. The molecule has 19 heavy (non-hydrogen) atoms. The second-order valence-corrected chi connectivity index (χ2v) is 6.66. The van der Waals surface area contributed by atoms with Crippen molar-refractivity contribution >= 4 is 55.2 Å². The number of nitrogen functional groups attached to an aromatic ring is 1. The maximum Gasteiger partial charge on any atom is 0.238 e. The van der Waals surface area contributed by atoms with Gasteiger partial charge < -0.3 is 0 Å². The average molecular weight is 354 g/mol. The number of para-hydroxylation sites is 1. The first-order chi connectivity index (χ1) is 9.26. The van der Waals surface area contributed by atoms with Gasteiger partial charge in [-0.05, 0) is 39.8 Å². The molecule has 2 aromatic heterocycles. The summed E-state index contributed by atoms with van der Waals surface area (Å²) in [4.78, 5) is 12.9. The number of nitrogens with zero attached hydrogens (tertiary/aromatic N) is 3. The molecule has 0 radical (unpaired) electrons. The molecule has 8 heteroatoms. The lowest BCUT2D eigenvalue weighted by atomic mass is 10.3. The second-order valence-electron chi connectivity index (χ2n) is 3.54. The third kappa shape index (κ3) is 2.71. The normalized spacial score (nSPS) is 10.8. The number of thiazole rings is 1. The van der Waals surface area contributed by atoms with Crippen LogP contribution in [0.5, 0.6) is 0 Å². The zero-order valence-corrected chi connectivity index (χ0v) is 12.7. The highest BCUT2D eigenvalue weighted by Crippen LogP contribution is 2.36. The van der Waals surface area contributed by atoms with Gasteiger partial charge in [0.05, 0.1) is 14.7 Å². The van der Waals surface area contributed by atoms with E-state index in [1.807, 2.05) is 18.2 Å². The van der Waals surface area contributed by atoms with E-state index >= 15 is 0 Å². The van der Waals surface area contributed by atoms with Crippen LogP contribution in [0, 0.1) is 0 Å². The SMILES string of the molecule is NNc1ncc(Br)c(Sc2nc3ccccc3s2)n1. The smallest absolute Gasteiger partial charge is 0.238 e. The number of nitrogens with two attached hydrogens (primary N) is 1. The topological polar surface area (TPSA) is 76.7 Å². The summed E-state index contributed by atoms with van der Waals surface area (Å²) < 4.78 is 2.91. The van der Waals surface area contributed by atoms with E-state index in [1.165, 1.54) is 11.8 Å². The number of nitrogens with one attached hydrogen (secondary N) is 1. The Labute approximate surface area is 125 Å². The van der Waals surface area contributed by atoms with Gasteiger partial charge in [0.2, 0.25) is 5.95 Å². The minimum Gasteiger partial charge on any atom is -0.292 e. The molecule has 0 bridgehead atoms. The van der Waals surface area contributed by atoms with E-state index in [-0.39, 0.29) is 0 Å². The Bertz CT molecular complexity index is 697. The van der Waals surface area contributed by atoms with E-state index < -0.39 is 0 Å². The van der Waals surface area contributed by atoms with Crippen molar-refractivity contribution in [3.05, 3.63) is 34.9 Å². The Kier molecular flexibility index (Phi) is 3.65. The van der Waals surface area contributed by atoms with Crippen molar-refractivity contribution in [2.24, 2.45) is 5.84 Å². The van der Waals surface area contributed by atoms with Crippen LogP contribution in [0.4, 0.5) is 5.95 Å². The Hall–Kier alpha value is -1.22. The molecule has 2 heterocycles. The summed E-state index contributed by atoms with van der Waals surface area (Å²) >= 11 is 6.54. The van der Waals surface area contributed by atoms with Crippen molar-refractivity contribution in [2.75, 3.05) is 5.43 Å². The zero-order chi connectivity index (χ0) is 13.2. The number of hydrogen-bond donors (Lipinski definition) is 2.